The molecule has 0 radical (unpaired) electrons. The Balaban J connectivity index is 2.05. The van der Waals surface area contributed by atoms with Crippen LogP contribution in [0.2, 0.25) is 0 Å². The first-order chi connectivity index (χ1) is 10.9. The van der Waals surface area contributed by atoms with Crippen molar-refractivity contribution in [3.63, 3.8) is 0 Å². The van der Waals surface area contributed by atoms with Gasteiger partial charge in [0.1, 0.15) is 16.9 Å². The maximum atomic E-state index is 12.1. The standard InChI is InChI=1S/C16H18N4O2S/c1-4-12-7-11(8-17)16(23-12)20-14(21)6-5-13-9(2)18-10(3)19-15(13)22/h7H,4-6H2,1-3H3,(H,20,21)(H,18,19,22). The van der Waals surface area contributed by atoms with Crippen LogP contribution in [0.3, 0.4) is 0 Å². The Hall–Kier alpha value is -2.46. The first-order valence-corrected chi connectivity index (χ1v) is 8.15. The van der Waals surface area contributed by atoms with Crippen molar-refractivity contribution in [2.75, 3.05) is 5.32 Å². The van der Waals surface area contributed by atoms with Gasteiger partial charge in [-0.05, 0) is 32.8 Å². The Kier molecular flexibility index (Phi) is 5.29. The third-order valence-electron chi connectivity index (χ3n) is 3.45. The molecule has 120 valence electrons. The molecule has 0 bridgehead atoms. The van der Waals surface area contributed by atoms with Gasteiger partial charge in [-0.3, -0.25) is 9.59 Å². The number of anilines is 1. The van der Waals surface area contributed by atoms with Gasteiger partial charge in [-0.25, -0.2) is 4.98 Å². The Morgan fingerprint density at radius 1 is 1.48 bits per heavy atom. The first kappa shape index (κ1) is 16.9. The monoisotopic (exact) mass is 330 g/mol. The molecular formula is C16H18N4O2S. The molecule has 2 rings (SSSR count). The van der Waals surface area contributed by atoms with Crippen LogP contribution in [-0.4, -0.2) is 15.9 Å². The van der Waals surface area contributed by atoms with Crippen molar-refractivity contribution in [1.82, 2.24) is 9.97 Å². The molecule has 0 saturated carbocycles. The van der Waals surface area contributed by atoms with Gasteiger partial charge >= 0.3 is 0 Å². The van der Waals surface area contributed by atoms with Crippen molar-refractivity contribution in [2.24, 2.45) is 0 Å². The number of hydrogen-bond donors (Lipinski definition) is 2. The highest BCUT2D eigenvalue weighted by molar-refractivity contribution is 7.16. The number of nitriles is 1. The Labute approximate surface area is 138 Å². The number of rotatable bonds is 5. The summed E-state index contributed by atoms with van der Waals surface area (Å²) in [6, 6.07) is 3.88. The van der Waals surface area contributed by atoms with Crippen molar-refractivity contribution < 1.29 is 4.79 Å². The second kappa shape index (κ2) is 7.20. The van der Waals surface area contributed by atoms with Crippen molar-refractivity contribution in [3.05, 3.63) is 43.9 Å². The van der Waals surface area contributed by atoms with E-state index in [1.807, 2.05) is 6.92 Å². The number of nitrogens with one attached hydrogen (secondary N) is 2. The summed E-state index contributed by atoms with van der Waals surface area (Å²) in [4.78, 5) is 31.9. The molecule has 0 aliphatic rings. The summed E-state index contributed by atoms with van der Waals surface area (Å²) in [6.45, 7) is 5.48. The first-order valence-electron chi connectivity index (χ1n) is 7.33. The van der Waals surface area contributed by atoms with Gasteiger partial charge in [-0.2, -0.15) is 5.26 Å². The van der Waals surface area contributed by atoms with Crippen LogP contribution in [0.15, 0.2) is 10.9 Å². The number of H-pyrrole nitrogens is 1. The lowest BCUT2D eigenvalue weighted by molar-refractivity contribution is -0.116. The fraction of sp³-hybridized carbons (Fsp3) is 0.375. The molecule has 23 heavy (non-hydrogen) atoms. The summed E-state index contributed by atoms with van der Waals surface area (Å²) < 4.78 is 0. The molecule has 2 N–H and O–H groups in total. The van der Waals surface area contributed by atoms with Gasteiger partial charge in [-0.1, -0.05) is 6.92 Å². The van der Waals surface area contributed by atoms with Crippen LogP contribution >= 0.6 is 11.3 Å². The second-order valence-corrected chi connectivity index (χ2v) is 6.32. The van der Waals surface area contributed by atoms with Gasteiger partial charge in [0.15, 0.2) is 0 Å². The number of amides is 1. The van der Waals surface area contributed by atoms with Crippen molar-refractivity contribution in [3.8, 4) is 6.07 Å². The number of thiophene rings is 1. The van der Waals surface area contributed by atoms with E-state index in [1.165, 1.54) is 11.3 Å². The molecule has 2 aromatic rings. The van der Waals surface area contributed by atoms with Gasteiger partial charge in [0.05, 0.1) is 5.56 Å². The lowest BCUT2D eigenvalue weighted by Crippen LogP contribution is -2.20. The summed E-state index contributed by atoms with van der Waals surface area (Å²) in [6.07, 6.45) is 1.30. The minimum atomic E-state index is -0.217. The Morgan fingerprint density at radius 3 is 2.83 bits per heavy atom. The topological polar surface area (TPSA) is 98.6 Å². The number of carbonyl (C=O) groups excluding carboxylic acids is 1. The predicted molar refractivity (Wildman–Crippen MR) is 89.7 cm³/mol. The van der Waals surface area contributed by atoms with Crippen LogP contribution in [0.5, 0.6) is 0 Å². The molecule has 2 aromatic heterocycles. The number of aromatic nitrogens is 2. The van der Waals surface area contributed by atoms with Crippen LogP contribution in [0.1, 0.15) is 40.9 Å². The summed E-state index contributed by atoms with van der Waals surface area (Å²) in [7, 11) is 0. The average molecular weight is 330 g/mol. The Bertz CT molecular complexity index is 830. The predicted octanol–water partition coefficient (Wildman–Crippen LogP) is 2.45. The van der Waals surface area contributed by atoms with E-state index in [1.54, 1.807) is 19.9 Å². The maximum absolute atomic E-state index is 12.1. The Morgan fingerprint density at radius 2 is 2.22 bits per heavy atom. The van der Waals surface area contributed by atoms with Gasteiger partial charge in [0, 0.05) is 22.6 Å². The minimum Gasteiger partial charge on any atom is -0.317 e. The molecule has 0 spiro atoms. The molecule has 7 heteroatoms. The van der Waals surface area contributed by atoms with Crippen LogP contribution in [-0.2, 0) is 17.6 Å². The molecule has 0 fully saturated rings. The van der Waals surface area contributed by atoms with Crippen LogP contribution in [0, 0.1) is 25.2 Å². The quantitative estimate of drug-likeness (QED) is 0.879. The van der Waals surface area contributed by atoms with Gasteiger partial charge in [0.25, 0.3) is 5.56 Å². The lowest BCUT2D eigenvalue weighted by Gasteiger charge is -2.06. The van der Waals surface area contributed by atoms with E-state index >= 15 is 0 Å². The zero-order chi connectivity index (χ0) is 17.0. The SMILES string of the molecule is CCc1cc(C#N)c(NC(=O)CCc2c(C)nc(C)[nH]c2=O)s1. The molecule has 1 amide bonds. The molecule has 0 unspecified atom stereocenters. The number of hydrogen-bond acceptors (Lipinski definition) is 5. The second-order valence-electron chi connectivity index (χ2n) is 5.18. The van der Waals surface area contributed by atoms with E-state index in [0.717, 1.165) is 11.3 Å². The maximum Gasteiger partial charge on any atom is 0.254 e. The third-order valence-corrected chi connectivity index (χ3v) is 4.64. The average Bonchev–Trinajstić information content (AvgIpc) is 2.88. The van der Waals surface area contributed by atoms with E-state index < -0.39 is 0 Å². The summed E-state index contributed by atoms with van der Waals surface area (Å²) in [5.74, 6) is 0.343. The fourth-order valence-electron chi connectivity index (χ4n) is 2.27. The largest absolute Gasteiger partial charge is 0.317 e. The van der Waals surface area contributed by atoms with Gasteiger partial charge < -0.3 is 10.3 Å². The zero-order valence-electron chi connectivity index (χ0n) is 13.3. The molecule has 0 atom stereocenters. The highest BCUT2D eigenvalue weighted by Gasteiger charge is 2.13. The normalized spacial score (nSPS) is 10.3. The van der Waals surface area contributed by atoms with E-state index in [4.69, 9.17) is 5.26 Å². The smallest absolute Gasteiger partial charge is 0.254 e. The highest BCUT2D eigenvalue weighted by atomic mass is 32.1. The number of carbonyl (C=O) groups is 1. The van der Waals surface area contributed by atoms with Crippen molar-refractivity contribution >= 4 is 22.2 Å². The lowest BCUT2D eigenvalue weighted by atomic mass is 10.1. The molecule has 6 nitrogen and oxygen atoms in total. The van der Waals surface area contributed by atoms with Crippen LogP contribution in [0.25, 0.3) is 0 Å². The molecule has 0 aliphatic carbocycles. The van der Waals surface area contributed by atoms with Crippen molar-refractivity contribution in [1.29, 1.82) is 5.26 Å². The van der Waals surface area contributed by atoms with E-state index in [2.05, 4.69) is 21.4 Å². The van der Waals surface area contributed by atoms with E-state index in [9.17, 15) is 9.59 Å². The minimum absolute atomic E-state index is 0.166. The highest BCUT2D eigenvalue weighted by Crippen LogP contribution is 2.28. The summed E-state index contributed by atoms with van der Waals surface area (Å²) in [5.41, 5.74) is 1.43. The molecule has 2 heterocycles. The molecule has 0 saturated heterocycles. The van der Waals surface area contributed by atoms with E-state index in [-0.39, 0.29) is 17.9 Å². The fourth-order valence-corrected chi connectivity index (χ4v) is 3.23. The van der Waals surface area contributed by atoms with Gasteiger partial charge in [0.2, 0.25) is 5.91 Å². The molecule has 0 aromatic carbocycles. The number of nitrogens with zero attached hydrogens (tertiary/aromatic N) is 2. The summed E-state index contributed by atoms with van der Waals surface area (Å²) >= 11 is 1.41. The van der Waals surface area contributed by atoms with Crippen LogP contribution in [0.4, 0.5) is 5.00 Å². The van der Waals surface area contributed by atoms with Crippen LogP contribution < -0.4 is 10.9 Å². The van der Waals surface area contributed by atoms with Crippen molar-refractivity contribution in [2.45, 2.75) is 40.0 Å². The third kappa shape index (κ3) is 4.05. The zero-order valence-corrected chi connectivity index (χ0v) is 14.1. The number of aromatic amines is 1. The number of aryl methyl sites for hydroxylation is 3. The molecular weight excluding hydrogens is 312 g/mol. The molecule has 0 aliphatic heterocycles. The van der Waals surface area contributed by atoms with E-state index in [0.29, 0.717) is 34.1 Å². The van der Waals surface area contributed by atoms with Gasteiger partial charge in [-0.15, -0.1) is 11.3 Å². The summed E-state index contributed by atoms with van der Waals surface area (Å²) in [5, 5.41) is 12.4.